The third-order valence-corrected chi connectivity index (χ3v) is 6.15. The number of nitrogens with one attached hydrogen (secondary N) is 1. The van der Waals surface area contributed by atoms with Crippen molar-refractivity contribution < 1.29 is 14.3 Å². The fraction of sp³-hybridized carbons (Fsp3) is 0.310. The first-order valence-corrected chi connectivity index (χ1v) is 12.1. The summed E-state index contributed by atoms with van der Waals surface area (Å²) in [5.41, 5.74) is 5.06. The number of ether oxygens (including phenoxy) is 2. The normalized spacial score (nSPS) is 10.9. The van der Waals surface area contributed by atoms with E-state index in [1.807, 2.05) is 18.2 Å². The number of hydrogen-bond donors (Lipinski definition) is 1. The zero-order valence-electron chi connectivity index (χ0n) is 20.7. The number of methoxy groups -OCH3 is 1. The first-order chi connectivity index (χ1) is 17.1. The average Bonchev–Trinajstić information content (AvgIpc) is 3.22. The van der Waals surface area contributed by atoms with E-state index in [9.17, 15) is 4.79 Å². The number of para-hydroxylation sites is 3. The summed E-state index contributed by atoms with van der Waals surface area (Å²) in [5.74, 6) is 2.61. The van der Waals surface area contributed by atoms with Crippen molar-refractivity contribution in [2.45, 2.75) is 39.7 Å². The van der Waals surface area contributed by atoms with Crippen LogP contribution in [0.3, 0.4) is 0 Å². The van der Waals surface area contributed by atoms with Gasteiger partial charge in [0, 0.05) is 25.1 Å². The fourth-order valence-electron chi connectivity index (χ4n) is 4.27. The van der Waals surface area contributed by atoms with E-state index in [1.165, 1.54) is 11.1 Å². The minimum absolute atomic E-state index is 0.0982. The average molecular weight is 472 g/mol. The Morgan fingerprint density at radius 1 is 0.943 bits per heavy atom. The molecule has 6 nitrogen and oxygen atoms in total. The summed E-state index contributed by atoms with van der Waals surface area (Å²) in [6.07, 6.45) is 2.60. The number of hydrogen-bond acceptors (Lipinski definition) is 4. The van der Waals surface area contributed by atoms with E-state index < -0.39 is 0 Å². The Bertz CT molecular complexity index is 1260. The van der Waals surface area contributed by atoms with E-state index in [1.54, 1.807) is 31.4 Å². The number of nitrogens with zero attached hydrogens (tertiary/aromatic N) is 2. The van der Waals surface area contributed by atoms with Crippen molar-refractivity contribution in [2.75, 3.05) is 20.3 Å². The zero-order valence-corrected chi connectivity index (χ0v) is 20.7. The first-order valence-electron chi connectivity index (χ1n) is 12.1. The van der Waals surface area contributed by atoms with Crippen molar-refractivity contribution in [2.24, 2.45) is 0 Å². The molecule has 0 unspecified atom stereocenters. The van der Waals surface area contributed by atoms with Gasteiger partial charge in [0.05, 0.1) is 24.8 Å². The highest BCUT2D eigenvalue weighted by Crippen LogP contribution is 2.23. The van der Waals surface area contributed by atoms with Crippen LogP contribution < -0.4 is 14.8 Å². The molecule has 1 aromatic heterocycles. The summed E-state index contributed by atoms with van der Waals surface area (Å²) >= 11 is 0. The highest BCUT2D eigenvalue weighted by atomic mass is 16.5. The quantitative estimate of drug-likeness (QED) is 0.294. The van der Waals surface area contributed by atoms with Gasteiger partial charge in [-0.05, 0) is 74.2 Å². The van der Waals surface area contributed by atoms with Crippen molar-refractivity contribution in [3.63, 3.8) is 0 Å². The van der Waals surface area contributed by atoms with Gasteiger partial charge in [-0.15, -0.1) is 0 Å². The third-order valence-electron chi connectivity index (χ3n) is 6.15. The standard InChI is InChI=1S/C29H33N3O3/c1-21-9-8-10-22(2)28(21)35-20-7-6-19-32-26-12-5-4-11-25(26)31-27(32)17-18-30-29(33)23-13-15-24(34-3)16-14-23/h4-5,8-16H,6-7,17-20H2,1-3H3,(H,30,33). The Morgan fingerprint density at radius 3 is 2.43 bits per heavy atom. The Labute approximate surface area is 206 Å². The number of carbonyl (C=O) groups excluding carboxylic acids is 1. The molecule has 0 atom stereocenters. The lowest BCUT2D eigenvalue weighted by atomic mass is 10.1. The lowest BCUT2D eigenvalue weighted by molar-refractivity contribution is 0.0954. The molecule has 1 heterocycles. The van der Waals surface area contributed by atoms with E-state index in [0.717, 1.165) is 47.7 Å². The van der Waals surface area contributed by atoms with Gasteiger partial charge in [-0.1, -0.05) is 30.3 Å². The lowest BCUT2D eigenvalue weighted by Crippen LogP contribution is -2.26. The molecule has 6 heteroatoms. The predicted octanol–water partition coefficient (Wildman–Crippen LogP) is 5.49. The van der Waals surface area contributed by atoms with Crippen molar-refractivity contribution in [3.8, 4) is 11.5 Å². The number of fused-ring (bicyclic) bond motifs is 1. The molecule has 0 spiro atoms. The maximum atomic E-state index is 12.5. The smallest absolute Gasteiger partial charge is 0.251 e. The van der Waals surface area contributed by atoms with Gasteiger partial charge in [-0.3, -0.25) is 4.79 Å². The molecule has 0 fully saturated rings. The molecule has 0 aliphatic heterocycles. The predicted molar refractivity (Wildman–Crippen MR) is 139 cm³/mol. The number of rotatable bonds is 11. The molecular weight excluding hydrogens is 438 g/mol. The van der Waals surface area contributed by atoms with Crippen LogP contribution in [0.4, 0.5) is 0 Å². The number of aryl methyl sites for hydroxylation is 3. The second kappa shape index (κ2) is 11.6. The van der Waals surface area contributed by atoms with Gasteiger partial charge in [0.15, 0.2) is 0 Å². The van der Waals surface area contributed by atoms with Crippen molar-refractivity contribution in [3.05, 3.63) is 89.2 Å². The maximum Gasteiger partial charge on any atom is 0.251 e. The van der Waals surface area contributed by atoms with Crippen LogP contribution in [0.25, 0.3) is 11.0 Å². The van der Waals surface area contributed by atoms with Crippen LogP contribution in [0.15, 0.2) is 66.7 Å². The number of amides is 1. The monoisotopic (exact) mass is 471 g/mol. The molecule has 35 heavy (non-hydrogen) atoms. The molecule has 0 aliphatic rings. The highest BCUT2D eigenvalue weighted by molar-refractivity contribution is 5.94. The van der Waals surface area contributed by atoms with Gasteiger partial charge in [0.25, 0.3) is 5.91 Å². The molecule has 1 N–H and O–H groups in total. The molecule has 4 aromatic rings. The van der Waals surface area contributed by atoms with Crippen molar-refractivity contribution in [1.82, 2.24) is 14.9 Å². The molecule has 0 saturated heterocycles. The van der Waals surface area contributed by atoms with Gasteiger partial charge in [0.2, 0.25) is 0 Å². The largest absolute Gasteiger partial charge is 0.497 e. The lowest BCUT2D eigenvalue weighted by Gasteiger charge is -2.13. The summed E-state index contributed by atoms with van der Waals surface area (Å²) in [5, 5.41) is 3.01. The van der Waals surface area contributed by atoms with Crippen molar-refractivity contribution >= 4 is 16.9 Å². The number of unbranched alkanes of at least 4 members (excludes halogenated alkanes) is 1. The molecule has 0 saturated carbocycles. The van der Waals surface area contributed by atoms with Crippen LogP contribution in [0.1, 0.15) is 40.2 Å². The van der Waals surface area contributed by atoms with Crippen LogP contribution in [-0.2, 0) is 13.0 Å². The second-order valence-corrected chi connectivity index (χ2v) is 8.68. The molecule has 182 valence electrons. The van der Waals surface area contributed by atoms with E-state index in [2.05, 4.69) is 48.0 Å². The van der Waals surface area contributed by atoms with Gasteiger partial charge < -0.3 is 19.4 Å². The molecule has 0 radical (unpaired) electrons. The topological polar surface area (TPSA) is 65.4 Å². The summed E-state index contributed by atoms with van der Waals surface area (Å²) in [7, 11) is 1.61. The Morgan fingerprint density at radius 2 is 1.69 bits per heavy atom. The number of benzene rings is 3. The molecule has 1 amide bonds. The van der Waals surface area contributed by atoms with E-state index in [4.69, 9.17) is 14.5 Å². The Kier molecular flexibility index (Phi) is 8.03. The summed E-state index contributed by atoms with van der Waals surface area (Å²) in [6, 6.07) is 21.5. The summed E-state index contributed by atoms with van der Waals surface area (Å²) < 4.78 is 13.5. The van der Waals surface area contributed by atoms with Gasteiger partial charge >= 0.3 is 0 Å². The van der Waals surface area contributed by atoms with Crippen LogP contribution >= 0.6 is 0 Å². The van der Waals surface area contributed by atoms with Gasteiger partial charge in [-0.25, -0.2) is 4.98 Å². The zero-order chi connectivity index (χ0) is 24.6. The number of carbonyl (C=O) groups is 1. The number of aromatic nitrogens is 2. The molecule has 3 aromatic carbocycles. The Balaban J connectivity index is 1.33. The summed E-state index contributed by atoms with van der Waals surface area (Å²) in [6.45, 7) is 6.23. The van der Waals surface area contributed by atoms with E-state index >= 15 is 0 Å². The maximum absolute atomic E-state index is 12.5. The number of imidazole rings is 1. The van der Waals surface area contributed by atoms with Crippen LogP contribution in [0.2, 0.25) is 0 Å². The SMILES string of the molecule is COc1ccc(C(=O)NCCc2nc3ccccc3n2CCCCOc2c(C)cccc2C)cc1. The highest BCUT2D eigenvalue weighted by Gasteiger charge is 2.12. The summed E-state index contributed by atoms with van der Waals surface area (Å²) in [4.78, 5) is 17.3. The minimum atomic E-state index is -0.0982. The third kappa shape index (κ3) is 6.01. The van der Waals surface area contributed by atoms with Crippen LogP contribution in [-0.4, -0.2) is 35.7 Å². The molecule has 4 rings (SSSR count). The Hall–Kier alpha value is -3.80. The van der Waals surface area contributed by atoms with Gasteiger partial charge in [-0.2, -0.15) is 0 Å². The van der Waals surface area contributed by atoms with E-state index in [0.29, 0.717) is 25.1 Å². The second-order valence-electron chi connectivity index (χ2n) is 8.68. The first kappa shape index (κ1) is 24.3. The fourth-order valence-corrected chi connectivity index (χ4v) is 4.27. The van der Waals surface area contributed by atoms with Crippen molar-refractivity contribution in [1.29, 1.82) is 0 Å². The van der Waals surface area contributed by atoms with Crippen LogP contribution in [0, 0.1) is 13.8 Å². The molecule has 0 aliphatic carbocycles. The van der Waals surface area contributed by atoms with E-state index in [-0.39, 0.29) is 5.91 Å². The van der Waals surface area contributed by atoms with Gasteiger partial charge in [0.1, 0.15) is 17.3 Å². The minimum Gasteiger partial charge on any atom is -0.497 e. The molecular formula is C29H33N3O3. The van der Waals surface area contributed by atoms with Crippen LogP contribution in [0.5, 0.6) is 11.5 Å². The molecule has 0 bridgehead atoms.